The van der Waals surface area contributed by atoms with Gasteiger partial charge in [-0.1, -0.05) is 6.07 Å². The molecule has 20 heavy (non-hydrogen) atoms. The maximum atomic E-state index is 11.0. The lowest BCUT2D eigenvalue weighted by Crippen LogP contribution is -2.03. The molecule has 102 valence electrons. The minimum absolute atomic E-state index is 0.0840. The van der Waals surface area contributed by atoms with Gasteiger partial charge in [-0.2, -0.15) is 0 Å². The zero-order chi connectivity index (χ0) is 13.9. The van der Waals surface area contributed by atoms with Crippen molar-refractivity contribution in [2.45, 2.75) is 6.61 Å². The van der Waals surface area contributed by atoms with Crippen molar-refractivity contribution in [1.29, 1.82) is 0 Å². The Balaban J connectivity index is 1.75. The maximum Gasteiger partial charge on any atom is 0.339 e. The number of hydrogen-bond acceptors (Lipinski definition) is 5. The summed E-state index contributed by atoms with van der Waals surface area (Å²) in [4.78, 5) is 14.9. The third kappa shape index (κ3) is 2.35. The van der Waals surface area contributed by atoms with E-state index in [1.54, 1.807) is 12.1 Å². The van der Waals surface area contributed by atoms with Gasteiger partial charge in [-0.25, -0.2) is 4.79 Å². The second-order valence-electron chi connectivity index (χ2n) is 4.15. The molecule has 0 amide bonds. The Bertz CT molecular complexity index is 656. The monoisotopic (exact) mass is 273 g/mol. The van der Waals surface area contributed by atoms with Crippen molar-refractivity contribution >= 4 is 5.97 Å². The van der Waals surface area contributed by atoms with E-state index >= 15 is 0 Å². The Labute approximate surface area is 114 Å². The molecule has 0 saturated heterocycles. The van der Waals surface area contributed by atoms with E-state index in [0.717, 1.165) is 5.56 Å². The molecule has 1 aromatic heterocycles. The van der Waals surface area contributed by atoms with Crippen LogP contribution >= 0.6 is 0 Å². The third-order valence-electron chi connectivity index (χ3n) is 2.85. The molecule has 1 aromatic carbocycles. The van der Waals surface area contributed by atoms with Gasteiger partial charge in [-0.3, -0.25) is 4.98 Å². The summed E-state index contributed by atoms with van der Waals surface area (Å²) in [5, 5.41) is 9.05. The van der Waals surface area contributed by atoms with Crippen LogP contribution in [0.1, 0.15) is 15.9 Å². The second kappa shape index (κ2) is 5.08. The lowest BCUT2D eigenvalue weighted by atomic mass is 10.2. The summed E-state index contributed by atoms with van der Waals surface area (Å²) in [7, 11) is 0. The van der Waals surface area contributed by atoms with Crippen molar-refractivity contribution in [3.05, 3.63) is 47.8 Å². The maximum absolute atomic E-state index is 11.0. The van der Waals surface area contributed by atoms with Gasteiger partial charge in [0.25, 0.3) is 0 Å². The number of aromatic nitrogens is 1. The van der Waals surface area contributed by atoms with E-state index in [0.29, 0.717) is 11.5 Å². The molecule has 0 spiro atoms. The number of nitrogens with zero attached hydrogens (tertiary/aromatic N) is 1. The van der Waals surface area contributed by atoms with Crippen LogP contribution in [0.2, 0.25) is 0 Å². The number of carboxylic acids is 1. The van der Waals surface area contributed by atoms with Crippen LogP contribution in [-0.4, -0.2) is 22.9 Å². The van der Waals surface area contributed by atoms with Crippen LogP contribution in [-0.2, 0) is 6.61 Å². The highest BCUT2D eigenvalue weighted by molar-refractivity contribution is 5.90. The first-order valence-electron chi connectivity index (χ1n) is 5.92. The smallest absolute Gasteiger partial charge is 0.339 e. The first kappa shape index (κ1) is 12.3. The predicted octanol–water partition coefficient (Wildman–Crippen LogP) is 2.09. The molecule has 1 N–H and O–H groups in total. The highest BCUT2D eigenvalue weighted by Crippen LogP contribution is 2.32. The molecule has 1 aliphatic heterocycles. The standard InChI is InChI=1S/C14H11NO5/c16-14(17)10-3-4-15-6-13(10)18-7-9-1-2-11-12(5-9)20-8-19-11/h1-6H,7-8H2,(H,16,17). The fraction of sp³-hybridized carbons (Fsp3) is 0.143. The van der Waals surface area contributed by atoms with Gasteiger partial charge in [-0.15, -0.1) is 0 Å². The largest absolute Gasteiger partial charge is 0.486 e. The molecule has 0 fully saturated rings. The van der Waals surface area contributed by atoms with Crippen molar-refractivity contribution in [3.63, 3.8) is 0 Å². The van der Waals surface area contributed by atoms with Gasteiger partial charge in [0.2, 0.25) is 6.79 Å². The predicted molar refractivity (Wildman–Crippen MR) is 68.1 cm³/mol. The van der Waals surface area contributed by atoms with Gasteiger partial charge in [0.1, 0.15) is 12.2 Å². The molecule has 0 bridgehead atoms. The second-order valence-corrected chi connectivity index (χ2v) is 4.15. The van der Waals surface area contributed by atoms with Crippen LogP contribution in [0.5, 0.6) is 17.2 Å². The molecule has 6 heteroatoms. The summed E-state index contributed by atoms with van der Waals surface area (Å²) in [6, 6.07) is 6.84. The fourth-order valence-corrected chi connectivity index (χ4v) is 1.86. The number of ether oxygens (including phenoxy) is 3. The van der Waals surface area contributed by atoms with Crippen LogP contribution in [0, 0.1) is 0 Å². The molecule has 1 aliphatic rings. The Kier molecular flexibility index (Phi) is 3.12. The van der Waals surface area contributed by atoms with E-state index < -0.39 is 5.97 Å². The number of hydrogen-bond donors (Lipinski definition) is 1. The van der Waals surface area contributed by atoms with Crippen LogP contribution in [0.3, 0.4) is 0 Å². The normalized spacial score (nSPS) is 12.2. The highest BCUT2D eigenvalue weighted by Gasteiger charge is 2.14. The molecule has 0 aliphatic carbocycles. The lowest BCUT2D eigenvalue weighted by molar-refractivity contribution is 0.0691. The van der Waals surface area contributed by atoms with Gasteiger partial charge in [0.05, 0.1) is 6.20 Å². The average Bonchev–Trinajstić information content (AvgIpc) is 2.92. The molecule has 0 atom stereocenters. The quantitative estimate of drug-likeness (QED) is 0.919. The summed E-state index contributed by atoms with van der Waals surface area (Å²) in [5.41, 5.74) is 0.940. The van der Waals surface area contributed by atoms with E-state index in [-0.39, 0.29) is 24.7 Å². The average molecular weight is 273 g/mol. The summed E-state index contributed by atoms with van der Waals surface area (Å²) < 4.78 is 16.0. The SMILES string of the molecule is O=C(O)c1ccncc1OCc1ccc2c(c1)OCO2. The number of fused-ring (bicyclic) bond motifs is 1. The van der Waals surface area contributed by atoms with Gasteiger partial charge in [0.15, 0.2) is 17.2 Å². The van der Waals surface area contributed by atoms with Gasteiger partial charge in [0, 0.05) is 6.20 Å². The molecule has 0 saturated carbocycles. The van der Waals surface area contributed by atoms with Gasteiger partial charge in [-0.05, 0) is 23.8 Å². The van der Waals surface area contributed by atoms with Crippen molar-refractivity contribution < 1.29 is 24.1 Å². The first-order valence-corrected chi connectivity index (χ1v) is 5.92. The molecule has 0 unspecified atom stereocenters. The molecular formula is C14H11NO5. The summed E-state index contributed by atoms with van der Waals surface area (Å²) in [6.07, 6.45) is 2.80. The van der Waals surface area contributed by atoms with Gasteiger partial charge < -0.3 is 19.3 Å². The summed E-state index contributed by atoms with van der Waals surface area (Å²) >= 11 is 0. The Morgan fingerprint density at radius 1 is 1.30 bits per heavy atom. The molecule has 6 nitrogen and oxygen atoms in total. The van der Waals surface area contributed by atoms with Crippen molar-refractivity contribution in [1.82, 2.24) is 4.98 Å². The summed E-state index contributed by atoms with van der Waals surface area (Å²) in [5.74, 6) is 0.544. The molecule has 2 heterocycles. The van der Waals surface area contributed by atoms with E-state index in [2.05, 4.69) is 4.98 Å². The molecular weight excluding hydrogens is 262 g/mol. The number of carboxylic acid groups (broad SMARTS) is 1. The molecule has 3 rings (SSSR count). The van der Waals surface area contributed by atoms with E-state index in [1.165, 1.54) is 18.5 Å². The minimum atomic E-state index is -1.05. The van der Waals surface area contributed by atoms with Crippen LogP contribution in [0.25, 0.3) is 0 Å². The number of benzene rings is 1. The summed E-state index contributed by atoms with van der Waals surface area (Å²) in [6.45, 7) is 0.439. The molecule has 2 aromatic rings. The van der Waals surface area contributed by atoms with Crippen LogP contribution in [0.15, 0.2) is 36.7 Å². The zero-order valence-electron chi connectivity index (χ0n) is 10.4. The van der Waals surface area contributed by atoms with E-state index in [1.807, 2.05) is 6.07 Å². The third-order valence-corrected chi connectivity index (χ3v) is 2.85. The Hall–Kier alpha value is -2.76. The molecule has 0 radical (unpaired) electrons. The van der Waals surface area contributed by atoms with Crippen molar-refractivity contribution in [2.24, 2.45) is 0 Å². The number of pyridine rings is 1. The Morgan fingerprint density at radius 2 is 2.15 bits per heavy atom. The lowest BCUT2D eigenvalue weighted by Gasteiger charge is -2.08. The number of rotatable bonds is 4. The van der Waals surface area contributed by atoms with Gasteiger partial charge >= 0.3 is 5.97 Å². The van der Waals surface area contributed by atoms with E-state index in [4.69, 9.17) is 19.3 Å². The van der Waals surface area contributed by atoms with Crippen molar-refractivity contribution in [3.8, 4) is 17.2 Å². The van der Waals surface area contributed by atoms with Crippen molar-refractivity contribution in [2.75, 3.05) is 6.79 Å². The number of aromatic carboxylic acids is 1. The van der Waals surface area contributed by atoms with E-state index in [9.17, 15) is 4.79 Å². The van der Waals surface area contributed by atoms with Crippen LogP contribution < -0.4 is 14.2 Å². The topological polar surface area (TPSA) is 77.9 Å². The van der Waals surface area contributed by atoms with Crippen LogP contribution in [0.4, 0.5) is 0 Å². The zero-order valence-corrected chi connectivity index (χ0v) is 10.4. The number of carbonyl (C=O) groups is 1. The fourth-order valence-electron chi connectivity index (χ4n) is 1.86. The minimum Gasteiger partial charge on any atom is -0.486 e. The highest BCUT2D eigenvalue weighted by atomic mass is 16.7. The Morgan fingerprint density at radius 3 is 3.00 bits per heavy atom. The first-order chi connectivity index (χ1) is 9.74.